The summed E-state index contributed by atoms with van der Waals surface area (Å²) in [7, 11) is -2.05. The molecule has 2 aromatic carbocycles. The summed E-state index contributed by atoms with van der Waals surface area (Å²) >= 11 is 0. The van der Waals surface area contributed by atoms with E-state index < -0.39 is 22.2 Å². The first-order valence-corrected chi connectivity index (χ1v) is 11.9. The smallest absolute Gasteiger partial charge is 0.319 e. The van der Waals surface area contributed by atoms with Crippen LogP contribution in [0.1, 0.15) is 19.3 Å². The number of ether oxygens (including phenoxy) is 2. The SMILES string of the molecule is COc1ccccc1NC(=O)N[C@H]1CC[C@@H](CCNS(=O)(=O)c2ccccc2)O[C@@H]1CO. The van der Waals surface area contributed by atoms with Crippen molar-refractivity contribution in [1.82, 2.24) is 10.0 Å². The first kappa shape index (κ1) is 24.0. The van der Waals surface area contributed by atoms with Gasteiger partial charge in [-0.3, -0.25) is 0 Å². The summed E-state index contributed by atoms with van der Waals surface area (Å²) in [6.07, 6.45) is 0.885. The Morgan fingerprint density at radius 1 is 1.12 bits per heavy atom. The van der Waals surface area contributed by atoms with Crippen molar-refractivity contribution in [2.45, 2.75) is 42.4 Å². The van der Waals surface area contributed by atoms with E-state index in [1.54, 1.807) is 42.5 Å². The lowest BCUT2D eigenvalue weighted by atomic mass is 9.97. The number of hydrogen-bond acceptors (Lipinski definition) is 6. The molecule has 4 N–H and O–H groups in total. The van der Waals surface area contributed by atoms with Gasteiger partial charge in [0, 0.05) is 6.54 Å². The van der Waals surface area contributed by atoms with Gasteiger partial charge in [0.15, 0.2) is 0 Å². The minimum Gasteiger partial charge on any atom is -0.495 e. The number of carbonyl (C=O) groups excluding carboxylic acids is 1. The van der Waals surface area contributed by atoms with Crippen molar-refractivity contribution in [3.05, 3.63) is 54.6 Å². The Labute approximate surface area is 188 Å². The number of carbonyl (C=O) groups is 1. The van der Waals surface area contributed by atoms with E-state index in [0.29, 0.717) is 30.7 Å². The maximum absolute atomic E-state index is 12.4. The molecule has 0 aliphatic carbocycles. The fraction of sp³-hybridized carbons (Fsp3) is 0.409. The molecule has 1 heterocycles. The van der Waals surface area contributed by atoms with Gasteiger partial charge in [-0.2, -0.15) is 0 Å². The summed E-state index contributed by atoms with van der Waals surface area (Å²) < 4.78 is 38.3. The number of urea groups is 1. The summed E-state index contributed by atoms with van der Waals surface area (Å²) in [5.41, 5.74) is 0.536. The van der Waals surface area contributed by atoms with E-state index in [4.69, 9.17) is 9.47 Å². The lowest BCUT2D eigenvalue weighted by Crippen LogP contribution is -2.52. The maximum Gasteiger partial charge on any atom is 0.319 e. The molecule has 1 aliphatic rings. The summed E-state index contributed by atoms with van der Waals surface area (Å²) in [6, 6.07) is 14.4. The number of rotatable bonds is 9. The minimum atomic E-state index is -3.57. The van der Waals surface area contributed by atoms with E-state index in [1.807, 2.05) is 0 Å². The van der Waals surface area contributed by atoms with Crippen LogP contribution < -0.4 is 20.1 Å². The zero-order chi connectivity index (χ0) is 23.0. The Kier molecular flexibility index (Phi) is 8.46. The molecule has 0 unspecified atom stereocenters. The molecule has 174 valence electrons. The highest BCUT2D eigenvalue weighted by molar-refractivity contribution is 7.89. The molecule has 0 aromatic heterocycles. The van der Waals surface area contributed by atoms with Crippen LogP contribution in [0.25, 0.3) is 0 Å². The van der Waals surface area contributed by atoms with E-state index in [1.165, 1.54) is 19.2 Å². The second-order valence-electron chi connectivity index (χ2n) is 7.46. The van der Waals surface area contributed by atoms with Gasteiger partial charge in [-0.1, -0.05) is 30.3 Å². The van der Waals surface area contributed by atoms with Crippen molar-refractivity contribution >= 4 is 21.7 Å². The molecule has 1 aliphatic heterocycles. The van der Waals surface area contributed by atoms with Gasteiger partial charge in [0.05, 0.1) is 36.4 Å². The zero-order valence-corrected chi connectivity index (χ0v) is 18.7. The first-order chi connectivity index (χ1) is 15.4. The van der Waals surface area contributed by atoms with Crippen LogP contribution in [0.5, 0.6) is 5.75 Å². The summed E-state index contributed by atoms with van der Waals surface area (Å²) in [4.78, 5) is 12.6. The standard InChI is InChI=1S/C22H29N3O6S/c1-30-20-10-6-5-9-18(20)24-22(27)25-19-12-11-16(31-21(19)15-26)13-14-23-32(28,29)17-7-3-2-4-8-17/h2-10,16,19,21,23,26H,11-15H2,1H3,(H2,24,25,27)/t16-,19-,21+/m0/s1. The van der Waals surface area contributed by atoms with Gasteiger partial charge in [0.1, 0.15) is 11.9 Å². The Balaban J connectivity index is 1.47. The molecule has 0 bridgehead atoms. The molecular formula is C22H29N3O6S. The van der Waals surface area contributed by atoms with Crippen LogP contribution in [-0.2, 0) is 14.8 Å². The molecule has 0 saturated carbocycles. The maximum atomic E-state index is 12.4. The van der Waals surface area contributed by atoms with Crippen molar-refractivity contribution in [3.8, 4) is 5.75 Å². The lowest BCUT2D eigenvalue weighted by molar-refractivity contribution is -0.0884. The molecular weight excluding hydrogens is 434 g/mol. The third-order valence-corrected chi connectivity index (χ3v) is 6.76. The number of methoxy groups -OCH3 is 1. The molecule has 0 radical (unpaired) electrons. The number of nitrogens with one attached hydrogen (secondary N) is 3. The normalized spacial score (nSPS) is 21.0. The summed E-state index contributed by atoms with van der Waals surface area (Å²) in [5.74, 6) is 0.541. The van der Waals surface area contributed by atoms with Gasteiger partial charge >= 0.3 is 6.03 Å². The fourth-order valence-electron chi connectivity index (χ4n) is 3.62. The number of para-hydroxylation sites is 2. The second kappa shape index (κ2) is 11.3. The van der Waals surface area contributed by atoms with E-state index in [0.717, 1.165) is 0 Å². The van der Waals surface area contributed by atoms with Crippen molar-refractivity contribution < 1.29 is 27.8 Å². The lowest BCUT2D eigenvalue weighted by Gasteiger charge is -2.36. The highest BCUT2D eigenvalue weighted by Crippen LogP contribution is 2.24. The Morgan fingerprint density at radius 3 is 2.56 bits per heavy atom. The topological polar surface area (TPSA) is 126 Å². The zero-order valence-electron chi connectivity index (χ0n) is 17.9. The Hall–Kier alpha value is -2.66. The number of hydrogen-bond donors (Lipinski definition) is 4. The van der Waals surface area contributed by atoms with Crippen LogP contribution in [0.15, 0.2) is 59.5 Å². The van der Waals surface area contributed by atoms with Gasteiger partial charge in [0.25, 0.3) is 0 Å². The second-order valence-corrected chi connectivity index (χ2v) is 9.23. The first-order valence-electron chi connectivity index (χ1n) is 10.4. The fourth-order valence-corrected chi connectivity index (χ4v) is 4.69. The predicted molar refractivity (Wildman–Crippen MR) is 120 cm³/mol. The number of anilines is 1. The van der Waals surface area contributed by atoms with Crippen LogP contribution in [0, 0.1) is 0 Å². The van der Waals surface area contributed by atoms with Gasteiger partial charge in [-0.25, -0.2) is 17.9 Å². The van der Waals surface area contributed by atoms with Crippen LogP contribution in [0.2, 0.25) is 0 Å². The number of benzene rings is 2. The molecule has 3 rings (SSSR count). The summed E-state index contributed by atoms with van der Waals surface area (Å²) in [6.45, 7) is -0.0434. The van der Waals surface area contributed by atoms with Crippen molar-refractivity contribution in [2.75, 3.05) is 25.6 Å². The van der Waals surface area contributed by atoms with Gasteiger partial charge in [-0.15, -0.1) is 0 Å². The predicted octanol–water partition coefficient (Wildman–Crippen LogP) is 2.09. The molecule has 10 heteroatoms. The van der Waals surface area contributed by atoms with Gasteiger partial charge in [0.2, 0.25) is 10.0 Å². The minimum absolute atomic E-state index is 0.211. The third kappa shape index (κ3) is 6.42. The van der Waals surface area contributed by atoms with Crippen LogP contribution in [0.3, 0.4) is 0 Å². The van der Waals surface area contributed by atoms with Crippen LogP contribution >= 0.6 is 0 Å². The molecule has 0 spiro atoms. The number of aliphatic hydroxyl groups is 1. The average Bonchev–Trinajstić information content (AvgIpc) is 2.80. The van der Waals surface area contributed by atoms with E-state index in [-0.39, 0.29) is 30.2 Å². The summed E-state index contributed by atoms with van der Waals surface area (Å²) in [5, 5.41) is 15.3. The number of sulfonamides is 1. The van der Waals surface area contributed by atoms with Crippen molar-refractivity contribution in [1.29, 1.82) is 0 Å². The molecule has 2 amide bonds. The monoisotopic (exact) mass is 463 g/mol. The molecule has 1 fully saturated rings. The third-order valence-electron chi connectivity index (χ3n) is 5.28. The van der Waals surface area contributed by atoms with E-state index in [2.05, 4.69) is 15.4 Å². The van der Waals surface area contributed by atoms with Crippen LogP contribution in [0.4, 0.5) is 10.5 Å². The highest BCUT2D eigenvalue weighted by Gasteiger charge is 2.32. The van der Waals surface area contributed by atoms with Gasteiger partial charge < -0.3 is 25.2 Å². The average molecular weight is 464 g/mol. The molecule has 32 heavy (non-hydrogen) atoms. The van der Waals surface area contributed by atoms with E-state index in [9.17, 15) is 18.3 Å². The quantitative estimate of drug-likeness (QED) is 0.451. The number of aliphatic hydroxyl groups excluding tert-OH is 1. The van der Waals surface area contributed by atoms with Crippen molar-refractivity contribution in [3.63, 3.8) is 0 Å². The Morgan fingerprint density at radius 2 is 1.84 bits per heavy atom. The molecule has 9 nitrogen and oxygen atoms in total. The largest absolute Gasteiger partial charge is 0.495 e. The van der Waals surface area contributed by atoms with E-state index >= 15 is 0 Å². The number of amides is 2. The highest BCUT2D eigenvalue weighted by atomic mass is 32.2. The molecule has 1 saturated heterocycles. The molecule has 2 aromatic rings. The van der Waals surface area contributed by atoms with Crippen LogP contribution in [-0.4, -0.2) is 58.1 Å². The Bertz CT molecular complexity index is 986. The van der Waals surface area contributed by atoms with Gasteiger partial charge in [-0.05, 0) is 43.5 Å². The van der Waals surface area contributed by atoms with Crippen molar-refractivity contribution in [2.24, 2.45) is 0 Å². The molecule has 3 atom stereocenters.